The molecule has 0 N–H and O–H groups in total. The molecule has 1 aliphatic rings. The van der Waals surface area contributed by atoms with E-state index in [9.17, 15) is 18.0 Å². The van der Waals surface area contributed by atoms with Crippen molar-refractivity contribution in [3.63, 3.8) is 0 Å². The van der Waals surface area contributed by atoms with Crippen LogP contribution in [-0.2, 0) is 14.8 Å². The number of carbonyl (C=O) groups is 2. The van der Waals surface area contributed by atoms with Crippen molar-refractivity contribution in [3.8, 4) is 17.2 Å². The van der Waals surface area contributed by atoms with Crippen LogP contribution in [0.4, 0.5) is 0 Å². The summed E-state index contributed by atoms with van der Waals surface area (Å²) in [5, 5.41) is 0. The second-order valence-corrected chi connectivity index (χ2v) is 8.83. The average molecular weight is 449 g/mol. The van der Waals surface area contributed by atoms with E-state index in [0.717, 1.165) is 0 Å². The van der Waals surface area contributed by atoms with Crippen molar-refractivity contribution in [2.24, 2.45) is 0 Å². The van der Waals surface area contributed by atoms with E-state index in [0.29, 0.717) is 15.6 Å². The van der Waals surface area contributed by atoms with Gasteiger partial charge in [-0.25, -0.2) is 13.2 Å². The van der Waals surface area contributed by atoms with Crippen LogP contribution in [0.3, 0.4) is 0 Å². The Kier molecular flexibility index (Phi) is 6.12. The van der Waals surface area contributed by atoms with Gasteiger partial charge in [0.2, 0.25) is 0 Å². The Balaban J connectivity index is 1.95. The van der Waals surface area contributed by atoms with Gasteiger partial charge in [0.15, 0.2) is 6.73 Å². The highest BCUT2D eigenvalue weighted by Gasteiger charge is 2.44. The van der Waals surface area contributed by atoms with Crippen LogP contribution in [0.1, 0.15) is 46.0 Å². The van der Waals surface area contributed by atoms with Gasteiger partial charge in [-0.2, -0.15) is 4.31 Å². The quantitative estimate of drug-likeness (QED) is 0.594. The Morgan fingerprint density at radius 2 is 1.65 bits per heavy atom. The number of methoxy groups -OCH3 is 3. The van der Waals surface area contributed by atoms with Crippen LogP contribution in [0.15, 0.2) is 35.2 Å². The van der Waals surface area contributed by atoms with Crippen LogP contribution in [0.25, 0.3) is 0 Å². The Labute approximate surface area is 180 Å². The van der Waals surface area contributed by atoms with Crippen molar-refractivity contribution in [1.29, 1.82) is 0 Å². The minimum atomic E-state index is -4.23. The maximum absolute atomic E-state index is 13.0. The topological polar surface area (TPSA) is 108 Å². The van der Waals surface area contributed by atoms with E-state index >= 15 is 0 Å². The molecule has 31 heavy (non-hydrogen) atoms. The molecule has 1 heterocycles. The monoisotopic (exact) mass is 449 g/mol. The Morgan fingerprint density at radius 3 is 2.16 bits per heavy atom. The number of fused-ring (bicyclic) bond motifs is 1. The van der Waals surface area contributed by atoms with Gasteiger partial charge >= 0.3 is 5.97 Å². The van der Waals surface area contributed by atoms with Crippen molar-refractivity contribution < 1.29 is 37.0 Å². The molecule has 1 aliphatic heterocycles. The van der Waals surface area contributed by atoms with E-state index in [2.05, 4.69) is 0 Å². The van der Waals surface area contributed by atoms with Crippen LogP contribution in [0, 0.1) is 0 Å². The number of hydrogen-bond acceptors (Lipinski definition) is 8. The second kappa shape index (κ2) is 8.46. The fourth-order valence-electron chi connectivity index (χ4n) is 3.34. The van der Waals surface area contributed by atoms with Gasteiger partial charge < -0.3 is 18.9 Å². The minimum absolute atomic E-state index is 0.0152. The van der Waals surface area contributed by atoms with Crippen LogP contribution < -0.4 is 14.2 Å². The molecule has 9 nitrogen and oxygen atoms in total. The van der Waals surface area contributed by atoms with Gasteiger partial charge in [0.25, 0.3) is 15.9 Å². The summed E-state index contributed by atoms with van der Waals surface area (Å²) in [4.78, 5) is 25.5. The third-order valence-electron chi connectivity index (χ3n) is 4.92. The second-order valence-electron chi connectivity index (χ2n) is 7.00. The predicted molar refractivity (Wildman–Crippen MR) is 110 cm³/mol. The van der Waals surface area contributed by atoms with E-state index in [1.807, 2.05) is 13.8 Å². The number of rotatable bonds is 7. The maximum Gasteiger partial charge on any atom is 0.347 e. The van der Waals surface area contributed by atoms with Crippen molar-refractivity contribution in [3.05, 3.63) is 47.0 Å². The van der Waals surface area contributed by atoms with Gasteiger partial charge in [-0.15, -0.1) is 0 Å². The SMILES string of the molecule is COc1cc(C(C)C)c2c(c1)S(=O)(=O)N(COC(=O)c1c(OC)cccc1OC)C2=O. The number of benzene rings is 2. The van der Waals surface area contributed by atoms with E-state index in [-0.39, 0.29) is 33.4 Å². The fourth-order valence-corrected chi connectivity index (χ4v) is 4.81. The molecule has 0 aromatic heterocycles. The van der Waals surface area contributed by atoms with Crippen molar-refractivity contribution in [2.75, 3.05) is 28.1 Å². The molecule has 0 unspecified atom stereocenters. The highest BCUT2D eigenvalue weighted by molar-refractivity contribution is 7.90. The number of nitrogens with zero attached hydrogens (tertiary/aromatic N) is 1. The number of sulfonamides is 1. The third-order valence-corrected chi connectivity index (χ3v) is 6.65. The summed E-state index contributed by atoms with van der Waals surface area (Å²) in [5.41, 5.74) is 0.573. The number of amides is 1. The normalized spacial score (nSPS) is 14.4. The van der Waals surface area contributed by atoms with Crippen LogP contribution in [-0.4, -0.2) is 52.7 Å². The van der Waals surface area contributed by atoms with Crippen molar-refractivity contribution in [2.45, 2.75) is 24.7 Å². The zero-order valence-electron chi connectivity index (χ0n) is 17.8. The van der Waals surface area contributed by atoms with Gasteiger partial charge in [-0.05, 0) is 29.7 Å². The van der Waals surface area contributed by atoms with E-state index < -0.39 is 28.6 Å². The first kappa shape index (κ1) is 22.4. The zero-order chi connectivity index (χ0) is 22.9. The van der Waals surface area contributed by atoms with E-state index in [1.54, 1.807) is 12.1 Å². The molecule has 0 bridgehead atoms. The van der Waals surface area contributed by atoms with E-state index in [4.69, 9.17) is 18.9 Å². The summed E-state index contributed by atoms with van der Waals surface area (Å²) in [6, 6.07) is 7.62. The zero-order valence-corrected chi connectivity index (χ0v) is 18.6. The smallest absolute Gasteiger partial charge is 0.347 e. The summed E-state index contributed by atoms with van der Waals surface area (Å²) in [6.45, 7) is 2.88. The average Bonchev–Trinajstić information content (AvgIpc) is 2.95. The fraction of sp³-hybridized carbons (Fsp3) is 0.333. The molecule has 1 amide bonds. The van der Waals surface area contributed by atoms with Gasteiger partial charge in [-0.1, -0.05) is 19.9 Å². The van der Waals surface area contributed by atoms with Crippen LogP contribution >= 0.6 is 0 Å². The molecule has 0 saturated carbocycles. The number of ether oxygens (including phenoxy) is 4. The van der Waals surface area contributed by atoms with Gasteiger partial charge in [0, 0.05) is 6.07 Å². The molecule has 0 atom stereocenters. The summed E-state index contributed by atoms with van der Waals surface area (Å²) in [5.74, 6) is -1.10. The lowest BCUT2D eigenvalue weighted by Gasteiger charge is -2.17. The Morgan fingerprint density at radius 1 is 1.03 bits per heavy atom. The van der Waals surface area contributed by atoms with Gasteiger partial charge in [-0.3, -0.25) is 4.79 Å². The lowest BCUT2D eigenvalue weighted by atomic mass is 9.96. The van der Waals surface area contributed by atoms with Crippen molar-refractivity contribution in [1.82, 2.24) is 4.31 Å². The first-order valence-electron chi connectivity index (χ1n) is 9.34. The molecule has 2 aromatic rings. The summed E-state index contributed by atoms with van der Waals surface area (Å²) < 4.78 is 47.3. The largest absolute Gasteiger partial charge is 0.497 e. The van der Waals surface area contributed by atoms with Gasteiger partial charge in [0.05, 0.1) is 26.9 Å². The lowest BCUT2D eigenvalue weighted by molar-refractivity contribution is 0.0352. The standard InChI is InChI=1S/C21H23NO8S/c1-12(2)14-9-13(27-3)10-17-18(14)20(23)22(31(17,25)26)11-30-21(24)19-15(28-4)7-6-8-16(19)29-5/h6-10,12H,11H2,1-5H3. The maximum atomic E-state index is 13.0. The molecule has 0 aliphatic carbocycles. The van der Waals surface area contributed by atoms with Crippen LogP contribution in [0.5, 0.6) is 17.2 Å². The minimum Gasteiger partial charge on any atom is -0.497 e. The Bertz CT molecular complexity index is 1120. The molecule has 166 valence electrons. The van der Waals surface area contributed by atoms with E-state index in [1.165, 1.54) is 39.5 Å². The highest BCUT2D eigenvalue weighted by Crippen LogP contribution is 2.38. The molecule has 0 radical (unpaired) electrons. The summed E-state index contributed by atoms with van der Waals surface area (Å²) >= 11 is 0. The molecular formula is C21H23NO8S. The first-order valence-corrected chi connectivity index (χ1v) is 10.8. The molecule has 0 fully saturated rings. The molecule has 0 saturated heterocycles. The summed E-state index contributed by atoms with van der Waals surface area (Å²) in [6.07, 6.45) is 0. The highest BCUT2D eigenvalue weighted by atomic mass is 32.2. The Hall–Kier alpha value is -3.27. The molecular weight excluding hydrogens is 426 g/mol. The molecule has 3 rings (SSSR count). The van der Waals surface area contributed by atoms with Crippen molar-refractivity contribution >= 4 is 21.9 Å². The molecule has 10 heteroatoms. The predicted octanol–water partition coefficient (Wildman–Crippen LogP) is 2.79. The third kappa shape index (κ3) is 3.78. The van der Waals surface area contributed by atoms with Gasteiger partial charge in [0.1, 0.15) is 27.7 Å². The molecule has 0 spiro atoms. The number of hydrogen-bond donors (Lipinski definition) is 0. The summed E-state index contributed by atoms with van der Waals surface area (Å²) in [7, 11) is -0.0722. The number of carbonyl (C=O) groups excluding carboxylic acids is 2. The number of esters is 1. The first-order chi connectivity index (χ1) is 14.7. The molecule has 2 aromatic carbocycles. The lowest BCUT2D eigenvalue weighted by Crippen LogP contribution is -2.33. The van der Waals surface area contributed by atoms with Crippen LogP contribution in [0.2, 0.25) is 0 Å².